The third-order valence-electron chi connectivity index (χ3n) is 3.16. The summed E-state index contributed by atoms with van der Waals surface area (Å²) >= 11 is 0. The third-order valence-corrected chi connectivity index (χ3v) is 3.16. The molecule has 2 atom stereocenters. The van der Waals surface area contributed by atoms with Crippen LogP contribution in [0.2, 0.25) is 0 Å². The Morgan fingerprint density at radius 2 is 2.13 bits per heavy atom. The fraction of sp³-hybridized carbons (Fsp3) is 0.417. The molecule has 2 fully saturated rings. The highest BCUT2D eigenvalue weighted by atomic mass is 16.5. The molecule has 3 nitrogen and oxygen atoms in total. The quantitative estimate of drug-likeness (QED) is 0.680. The molecule has 78 valence electrons. The summed E-state index contributed by atoms with van der Waals surface area (Å²) in [5.41, 5.74) is 1.17. The van der Waals surface area contributed by atoms with Gasteiger partial charge in [0, 0.05) is 6.54 Å². The smallest absolute Gasteiger partial charge is 0.232 e. The number of carbonyl (C=O) groups is 1. The lowest BCUT2D eigenvalue weighted by Crippen LogP contribution is -2.58. The Bertz CT molecular complexity index is 376. The zero-order valence-electron chi connectivity index (χ0n) is 8.43. The van der Waals surface area contributed by atoms with Crippen LogP contribution < -0.4 is 0 Å². The first-order valence-corrected chi connectivity index (χ1v) is 5.32. The molecule has 0 spiro atoms. The Morgan fingerprint density at radius 1 is 1.33 bits per heavy atom. The van der Waals surface area contributed by atoms with Gasteiger partial charge in [-0.25, -0.2) is 0 Å². The van der Waals surface area contributed by atoms with Crippen molar-refractivity contribution >= 4 is 5.91 Å². The van der Waals surface area contributed by atoms with Crippen molar-refractivity contribution in [3.8, 4) is 0 Å². The Hall–Kier alpha value is -1.35. The van der Waals surface area contributed by atoms with Crippen LogP contribution in [0.15, 0.2) is 30.3 Å². The lowest BCUT2D eigenvalue weighted by molar-refractivity contribution is -0.176. The van der Waals surface area contributed by atoms with E-state index in [0.717, 1.165) is 13.0 Å². The first-order valence-electron chi connectivity index (χ1n) is 5.32. The molecule has 1 amide bonds. The van der Waals surface area contributed by atoms with Crippen LogP contribution in [0.5, 0.6) is 0 Å². The lowest BCUT2D eigenvalue weighted by Gasteiger charge is -2.42. The fourth-order valence-electron chi connectivity index (χ4n) is 2.33. The van der Waals surface area contributed by atoms with E-state index in [2.05, 4.69) is 0 Å². The summed E-state index contributed by atoms with van der Waals surface area (Å²) in [5, 5.41) is 0. The van der Waals surface area contributed by atoms with Gasteiger partial charge in [0.25, 0.3) is 0 Å². The first-order chi connectivity index (χ1) is 7.36. The van der Waals surface area contributed by atoms with E-state index in [1.165, 1.54) is 5.56 Å². The molecule has 2 unspecified atom stereocenters. The molecule has 1 aromatic carbocycles. The molecule has 2 saturated heterocycles. The SMILES string of the molecule is O=C1C2CCOC2N1Cc1ccccc1. The number of likely N-dealkylation sites (tertiary alicyclic amines) is 1. The average molecular weight is 203 g/mol. The topological polar surface area (TPSA) is 29.5 Å². The molecule has 2 aliphatic rings. The standard InChI is InChI=1S/C12H13NO2/c14-11-10-6-7-15-12(10)13(11)8-9-4-2-1-3-5-9/h1-5,10,12H,6-8H2. The number of β-lactam (4-membered cyclic amide) rings is 1. The van der Waals surface area contributed by atoms with E-state index in [0.29, 0.717) is 6.54 Å². The molecule has 0 radical (unpaired) electrons. The van der Waals surface area contributed by atoms with Crippen molar-refractivity contribution in [3.63, 3.8) is 0 Å². The molecule has 3 heteroatoms. The van der Waals surface area contributed by atoms with E-state index < -0.39 is 0 Å². The van der Waals surface area contributed by atoms with Crippen molar-refractivity contribution < 1.29 is 9.53 Å². The van der Waals surface area contributed by atoms with Gasteiger partial charge in [0.15, 0.2) is 0 Å². The second kappa shape index (κ2) is 3.35. The summed E-state index contributed by atoms with van der Waals surface area (Å²) in [4.78, 5) is 13.5. The van der Waals surface area contributed by atoms with Gasteiger partial charge < -0.3 is 9.64 Å². The number of nitrogens with zero attached hydrogens (tertiary/aromatic N) is 1. The maximum absolute atomic E-state index is 11.7. The van der Waals surface area contributed by atoms with Gasteiger partial charge >= 0.3 is 0 Å². The Kier molecular flexibility index (Phi) is 1.99. The molecule has 3 rings (SSSR count). The normalized spacial score (nSPS) is 28.8. The summed E-state index contributed by atoms with van der Waals surface area (Å²) in [6, 6.07) is 10.0. The second-order valence-electron chi connectivity index (χ2n) is 4.11. The Balaban J connectivity index is 1.72. The zero-order valence-corrected chi connectivity index (χ0v) is 8.43. The summed E-state index contributed by atoms with van der Waals surface area (Å²) < 4.78 is 5.51. The molecule has 0 N–H and O–H groups in total. The van der Waals surface area contributed by atoms with Crippen LogP contribution >= 0.6 is 0 Å². The van der Waals surface area contributed by atoms with Gasteiger partial charge in [-0.15, -0.1) is 0 Å². The van der Waals surface area contributed by atoms with E-state index in [9.17, 15) is 4.79 Å². The maximum atomic E-state index is 11.7. The predicted octanol–water partition coefficient (Wildman–Crippen LogP) is 1.39. The van der Waals surface area contributed by atoms with Gasteiger partial charge in [0.1, 0.15) is 6.23 Å². The van der Waals surface area contributed by atoms with Crippen LogP contribution in [0.1, 0.15) is 12.0 Å². The number of ether oxygens (including phenoxy) is 1. The third kappa shape index (κ3) is 1.35. The summed E-state index contributed by atoms with van der Waals surface area (Å²) in [5.74, 6) is 0.398. The van der Waals surface area contributed by atoms with Crippen LogP contribution in [0.3, 0.4) is 0 Å². The molecule has 15 heavy (non-hydrogen) atoms. The fourth-order valence-corrected chi connectivity index (χ4v) is 2.33. The molecule has 2 aliphatic heterocycles. The number of carbonyl (C=O) groups excluding carboxylic acids is 1. The summed E-state index contributed by atoms with van der Waals surface area (Å²) in [7, 11) is 0. The second-order valence-corrected chi connectivity index (χ2v) is 4.11. The maximum Gasteiger partial charge on any atom is 0.232 e. The minimum Gasteiger partial charge on any atom is -0.357 e. The molecule has 1 aromatic rings. The Labute approximate surface area is 88.6 Å². The summed E-state index contributed by atoms with van der Waals surface area (Å²) in [6.07, 6.45) is 0.951. The van der Waals surface area contributed by atoms with E-state index in [-0.39, 0.29) is 18.1 Å². The van der Waals surface area contributed by atoms with Crippen molar-refractivity contribution in [2.24, 2.45) is 5.92 Å². The van der Waals surface area contributed by atoms with Crippen molar-refractivity contribution in [3.05, 3.63) is 35.9 Å². The number of hydrogen-bond donors (Lipinski definition) is 0. The highest BCUT2D eigenvalue weighted by Gasteiger charge is 2.50. The minimum atomic E-state index is 0.0534. The minimum absolute atomic E-state index is 0.0534. The number of rotatable bonds is 2. The van der Waals surface area contributed by atoms with Crippen LogP contribution in [-0.4, -0.2) is 23.6 Å². The molecular weight excluding hydrogens is 190 g/mol. The molecule has 0 saturated carbocycles. The summed E-state index contributed by atoms with van der Waals surface area (Å²) in [6.45, 7) is 1.41. The van der Waals surface area contributed by atoms with E-state index in [4.69, 9.17) is 4.74 Å². The van der Waals surface area contributed by atoms with Gasteiger partial charge in [-0.1, -0.05) is 30.3 Å². The van der Waals surface area contributed by atoms with Crippen LogP contribution in [-0.2, 0) is 16.1 Å². The number of hydrogen-bond acceptors (Lipinski definition) is 2. The monoisotopic (exact) mass is 203 g/mol. The van der Waals surface area contributed by atoms with Gasteiger partial charge in [-0.05, 0) is 12.0 Å². The molecule has 0 aromatic heterocycles. The van der Waals surface area contributed by atoms with Gasteiger partial charge in [0.05, 0.1) is 12.5 Å². The van der Waals surface area contributed by atoms with Crippen molar-refractivity contribution in [1.82, 2.24) is 4.90 Å². The largest absolute Gasteiger partial charge is 0.357 e. The highest BCUT2D eigenvalue weighted by Crippen LogP contribution is 2.36. The van der Waals surface area contributed by atoms with Gasteiger partial charge in [-0.3, -0.25) is 4.79 Å². The van der Waals surface area contributed by atoms with Gasteiger partial charge in [-0.2, -0.15) is 0 Å². The lowest BCUT2D eigenvalue weighted by atomic mass is 9.94. The van der Waals surface area contributed by atoms with E-state index in [1.807, 2.05) is 35.2 Å². The van der Waals surface area contributed by atoms with Crippen LogP contribution in [0.4, 0.5) is 0 Å². The van der Waals surface area contributed by atoms with Crippen molar-refractivity contribution in [2.45, 2.75) is 19.2 Å². The zero-order chi connectivity index (χ0) is 10.3. The van der Waals surface area contributed by atoms with Gasteiger partial charge in [0.2, 0.25) is 5.91 Å². The first kappa shape index (κ1) is 8.92. The molecular formula is C12H13NO2. The van der Waals surface area contributed by atoms with Crippen LogP contribution in [0.25, 0.3) is 0 Å². The molecule has 0 aliphatic carbocycles. The van der Waals surface area contributed by atoms with Crippen LogP contribution in [0, 0.1) is 5.92 Å². The van der Waals surface area contributed by atoms with Crippen molar-refractivity contribution in [1.29, 1.82) is 0 Å². The number of amides is 1. The number of benzene rings is 1. The molecule has 0 bridgehead atoms. The average Bonchev–Trinajstić information content (AvgIpc) is 2.72. The molecule has 2 heterocycles. The van der Waals surface area contributed by atoms with E-state index >= 15 is 0 Å². The highest BCUT2D eigenvalue weighted by molar-refractivity contribution is 5.85. The predicted molar refractivity (Wildman–Crippen MR) is 54.8 cm³/mol. The Morgan fingerprint density at radius 3 is 2.93 bits per heavy atom. The van der Waals surface area contributed by atoms with E-state index in [1.54, 1.807) is 0 Å². The van der Waals surface area contributed by atoms with Crippen molar-refractivity contribution in [2.75, 3.05) is 6.61 Å². The number of fused-ring (bicyclic) bond motifs is 1.